The number of benzene rings is 1. The summed E-state index contributed by atoms with van der Waals surface area (Å²) < 4.78 is 1.21. The van der Waals surface area contributed by atoms with Crippen LogP contribution in [0.5, 0.6) is 0 Å². The van der Waals surface area contributed by atoms with Gasteiger partial charge in [-0.25, -0.2) is 0 Å². The SMILES string of the molecule is CCN1CCCC(NC2CCc3cc(Br)ccc32)C1. The van der Waals surface area contributed by atoms with Crippen LogP contribution in [0.1, 0.15) is 43.4 Å². The van der Waals surface area contributed by atoms with Gasteiger partial charge in [0.1, 0.15) is 0 Å². The third-order valence-electron chi connectivity index (χ3n) is 4.57. The molecule has 1 fully saturated rings. The number of hydrogen-bond acceptors (Lipinski definition) is 2. The van der Waals surface area contributed by atoms with Crippen molar-refractivity contribution in [3.05, 3.63) is 33.8 Å². The normalized spacial score (nSPS) is 27.5. The van der Waals surface area contributed by atoms with Gasteiger partial charge in [0.25, 0.3) is 0 Å². The molecule has 1 aromatic carbocycles. The van der Waals surface area contributed by atoms with Gasteiger partial charge >= 0.3 is 0 Å². The van der Waals surface area contributed by atoms with Crippen LogP contribution in [-0.4, -0.2) is 30.6 Å². The van der Waals surface area contributed by atoms with Crippen LogP contribution >= 0.6 is 15.9 Å². The molecule has 2 atom stereocenters. The lowest BCUT2D eigenvalue weighted by Gasteiger charge is -2.34. The number of nitrogens with one attached hydrogen (secondary N) is 1. The van der Waals surface area contributed by atoms with E-state index in [0.717, 1.165) is 0 Å². The first-order valence-electron chi connectivity index (χ1n) is 7.53. The number of fused-ring (bicyclic) bond motifs is 1. The van der Waals surface area contributed by atoms with Crippen molar-refractivity contribution in [3.8, 4) is 0 Å². The summed E-state index contributed by atoms with van der Waals surface area (Å²) in [5.74, 6) is 0. The van der Waals surface area contributed by atoms with Crippen molar-refractivity contribution in [2.45, 2.75) is 44.7 Å². The molecule has 0 radical (unpaired) electrons. The van der Waals surface area contributed by atoms with Crippen LogP contribution in [0.15, 0.2) is 22.7 Å². The van der Waals surface area contributed by atoms with Gasteiger partial charge in [-0.2, -0.15) is 0 Å². The minimum atomic E-state index is 0.574. The van der Waals surface area contributed by atoms with Gasteiger partial charge in [-0.05, 0) is 62.0 Å². The van der Waals surface area contributed by atoms with Gasteiger partial charge in [-0.3, -0.25) is 0 Å². The van der Waals surface area contributed by atoms with Crippen LogP contribution in [0, 0.1) is 0 Å². The monoisotopic (exact) mass is 322 g/mol. The summed E-state index contributed by atoms with van der Waals surface area (Å²) in [4.78, 5) is 2.57. The van der Waals surface area contributed by atoms with Gasteiger partial charge in [0.05, 0.1) is 0 Å². The lowest BCUT2D eigenvalue weighted by molar-refractivity contribution is 0.190. The smallest absolute Gasteiger partial charge is 0.0329 e. The summed E-state index contributed by atoms with van der Waals surface area (Å²) in [6.45, 7) is 5.96. The highest BCUT2D eigenvalue weighted by Gasteiger charge is 2.26. The Balaban J connectivity index is 1.66. The molecule has 1 N–H and O–H groups in total. The highest BCUT2D eigenvalue weighted by molar-refractivity contribution is 9.10. The van der Waals surface area contributed by atoms with E-state index in [9.17, 15) is 0 Å². The average Bonchev–Trinajstić information content (AvgIpc) is 2.81. The maximum absolute atomic E-state index is 3.90. The summed E-state index contributed by atoms with van der Waals surface area (Å²) in [6.07, 6.45) is 5.15. The number of rotatable bonds is 3. The predicted molar refractivity (Wildman–Crippen MR) is 83.5 cm³/mol. The average molecular weight is 323 g/mol. The van der Waals surface area contributed by atoms with Crippen molar-refractivity contribution in [3.63, 3.8) is 0 Å². The predicted octanol–water partition coefficient (Wildman–Crippen LogP) is 3.51. The van der Waals surface area contributed by atoms with Gasteiger partial charge in [-0.1, -0.05) is 28.9 Å². The number of nitrogens with zero attached hydrogens (tertiary/aromatic N) is 1. The number of hydrogen-bond donors (Lipinski definition) is 1. The molecule has 19 heavy (non-hydrogen) atoms. The summed E-state index contributed by atoms with van der Waals surface area (Å²) in [5.41, 5.74) is 3.05. The van der Waals surface area contributed by atoms with E-state index in [2.05, 4.69) is 51.3 Å². The number of aryl methyl sites for hydroxylation is 1. The minimum absolute atomic E-state index is 0.574. The molecule has 0 spiro atoms. The zero-order valence-corrected chi connectivity index (χ0v) is 13.2. The van der Waals surface area contributed by atoms with Crippen LogP contribution in [0.25, 0.3) is 0 Å². The number of likely N-dealkylation sites (tertiary alicyclic amines) is 1. The standard InChI is InChI=1S/C16H23BrN2/c1-2-19-9-3-4-14(11-19)18-16-8-5-12-10-13(17)6-7-15(12)16/h6-7,10,14,16,18H,2-5,8-9,11H2,1H3. The summed E-state index contributed by atoms with van der Waals surface area (Å²) >= 11 is 3.57. The fraction of sp³-hybridized carbons (Fsp3) is 0.625. The molecule has 1 aliphatic heterocycles. The molecule has 0 bridgehead atoms. The maximum atomic E-state index is 3.90. The molecule has 104 valence electrons. The van der Waals surface area contributed by atoms with E-state index in [1.54, 1.807) is 0 Å². The number of piperidine rings is 1. The molecule has 3 rings (SSSR count). The zero-order chi connectivity index (χ0) is 13.2. The lowest BCUT2D eigenvalue weighted by atomic mass is 10.0. The third kappa shape index (κ3) is 3.04. The van der Waals surface area contributed by atoms with E-state index in [1.807, 2.05) is 0 Å². The molecule has 3 heteroatoms. The topological polar surface area (TPSA) is 15.3 Å². The Labute approximate surface area is 124 Å². The Morgan fingerprint density at radius 1 is 1.37 bits per heavy atom. The van der Waals surface area contributed by atoms with Crippen molar-refractivity contribution in [1.29, 1.82) is 0 Å². The van der Waals surface area contributed by atoms with E-state index in [4.69, 9.17) is 0 Å². The van der Waals surface area contributed by atoms with Crippen LogP contribution < -0.4 is 5.32 Å². The van der Waals surface area contributed by atoms with Crippen molar-refractivity contribution in [1.82, 2.24) is 10.2 Å². The Morgan fingerprint density at radius 2 is 2.26 bits per heavy atom. The fourth-order valence-corrected chi connectivity index (χ4v) is 3.93. The Bertz CT molecular complexity index is 446. The molecular formula is C16H23BrN2. The Hall–Kier alpha value is -0.380. The number of halogens is 1. The van der Waals surface area contributed by atoms with E-state index >= 15 is 0 Å². The zero-order valence-electron chi connectivity index (χ0n) is 11.7. The maximum Gasteiger partial charge on any atom is 0.0329 e. The third-order valence-corrected chi connectivity index (χ3v) is 5.07. The van der Waals surface area contributed by atoms with E-state index in [-0.39, 0.29) is 0 Å². The highest BCUT2D eigenvalue weighted by Crippen LogP contribution is 2.33. The highest BCUT2D eigenvalue weighted by atomic mass is 79.9. The van der Waals surface area contributed by atoms with Crippen LogP contribution in [0.2, 0.25) is 0 Å². The van der Waals surface area contributed by atoms with E-state index < -0.39 is 0 Å². The van der Waals surface area contributed by atoms with Crippen LogP contribution in [-0.2, 0) is 6.42 Å². The van der Waals surface area contributed by atoms with Crippen molar-refractivity contribution >= 4 is 15.9 Å². The first-order chi connectivity index (χ1) is 9.26. The molecule has 2 aliphatic rings. The fourth-order valence-electron chi connectivity index (χ4n) is 3.52. The number of likely N-dealkylation sites (N-methyl/N-ethyl adjacent to an activating group) is 1. The van der Waals surface area contributed by atoms with Gasteiger partial charge in [0.2, 0.25) is 0 Å². The summed E-state index contributed by atoms with van der Waals surface area (Å²) in [5, 5.41) is 3.90. The molecule has 2 nitrogen and oxygen atoms in total. The van der Waals surface area contributed by atoms with Gasteiger partial charge in [0, 0.05) is 23.1 Å². The van der Waals surface area contributed by atoms with E-state index in [1.165, 1.54) is 60.9 Å². The van der Waals surface area contributed by atoms with Crippen LogP contribution in [0.3, 0.4) is 0 Å². The molecular weight excluding hydrogens is 300 g/mol. The van der Waals surface area contributed by atoms with Gasteiger partial charge in [-0.15, -0.1) is 0 Å². The Morgan fingerprint density at radius 3 is 3.11 bits per heavy atom. The first kappa shape index (κ1) is 13.6. The molecule has 0 aromatic heterocycles. The molecule has 1 aliphatic carbocycles. The summed E-state index contributed by atoms with van der Waals surface area (Å²) in [6, 6.07) is 8.01. The first-order valence-corrected chi connectivity index (χ1v) is 8.32. The van der Waals surface area contributed by atoms with Crippen LogP contribution in [0.4, 0.5) is 0 Å². The van der Waals surface area contributed by atoms with Crippen molar-refractivity contribution in [2.75, 3.05) is 19.6 Å². The molecule has 0 amide bonds. The molecule has 1 heterocycles. The van der Waals surface area contributed by atoms with Gasteiger partial charge in [0.15, 0.2) is 0 Å². The molecule has 1 saturated heterocycles. The largest absolute Gasteiger partial charge is 0.306 e. The van der Waals surface area contributed by atoms with Crippen molar-refractivity contribution in [2.24, 2.45) is 0 Å². The molecule has 2 unspecified atom stereocenters. The second-order valence-electron chi connectivity index (χ2n) is 5.83. The second-order valence-corrected chi connectivity index (χ2v) is 6.75. The second kappa shape index (κ2) is 5.94. The quantitative estimate of drug-likeness (QED) is 0.916. The van der Waals surface area contributed by atoms with Gasteiger partial charge < -0.3 is 10.2 Å². The molecule has 1 aromatic rings. The lowest BCUT2D eigenvalue weighted by Crippen LogP contribution is -2.46. The Kier molecular flexibility index (Phi) is 4.25. The van der Waals surface area contributed by atoms with Crippen molar-refractivity contribution < 1.29 is 0 Å². The molecule has 0 saturated carbocycles. The minimum Gasteiger partial charge on any atom is -0.306 e. The van der Waals surface area contributed by atoms with E-state index in [0.29, 0.717) is 12.1 Å². The summed E-state index contributed by atoms with van der Waals surface area (Å²) in [7, 11) is 0.